The first-order valence-electron chi connectivity index (χ1n) is 14.4. The molecule has 4 amide bonds. The fourth-order valence-electron chi connectivity index (χ4n) is 4.35. The largest absolute Gasteiger partial charge is 0.350 e. The lowest BCUT2D eigenvalue weighted by atomic mass is 10.2. The lowest BCUT2D eigenvalue weighted by Crippen LogP contribution is -2.57. The van der Waals surface area contributed by atoms with Crippen molar-refractivity contribution in [3.8, 4) is 0 Å². The van der Waals surface area contributed by atoms with Gasteiger partial charge in [-0.05, 0) is 22.3 Å². The molecular weight excluding hydrogens is 657 g/mol. The zero-order chi connectivity index (χ0) is 32.2. The van der Waals surface area contributed by atoms with Crippen LogP contribution in [0.5, 0.6) is 0 Å². The molecular formula is C34H32N4O4S4. The van der Waals surface area contributed by atoms with Crippen LogP contribution in [0.3, 0.4) is 0 Å². The second-order valence-corrected chi connectivity index (χ2v) is 15.9. The van der Waals surface area contributed by atoms with E-state index < -0.39 is 31.8 Å². The fraction of sp³-hybridized carbons (Fsp3) is 0.176. The van der Waals surface area contributed by atoms with Crippen LogP contribution in [0.15, 0.2) is 121 Å². The smallest absolute Gasteiger partial charge is 0.258 e. The SMILES string of the molecule is O=C(NCc1ccccc1)C1(C(=O)NCc2ccccc2)SSC(C(=O)NCc2ccccc2)(C(=O)NCc2ccccc2)SS1. The van der Waals surface area contributed by atoms with E-state index in [9.17, 15) is 19.2 Å². The third kappa shape index (κ3) is 8.30. The Balaban J connectivity index is 1.38. The van der Waals surface area contributed by atoms with Crippen molar-refractivity contribution >= 4 is 66.8 Å². The molecule has 236 valence electrons. The molecule has 1 aliphatic heterocycles. The molecule has 0 saturated carbocycles. The average molecular weight is 689 g/mol. The highest BCUT2D eigenvalue weighted by Crippen LogP contribution is 2.65. The van der Waals surface area contributed by atoms with Crippen molar-refractivity contribution in [1.29, 1.82) is 0 Å². The van der Waals surface area contributed by atoms with E-state index in [4.69, 9.17) is 0 Å². The number of benzene rings is 4. The van der Waals surface area contributed by atoms with Gasteiger partial charge < -0.3 is 21.3 Å². The first-order chi connectivity index (χ1) is 22.4. The van der Waals surface area contributed by atoms with Crippen molar-refractivity contribution in [3.05, 3.63) is 144 Å². The Bertz CT molecular complexity index is 1380. The summed E-state index contributed by atoms with van der Waals surface area (Å²) in [6.45, 7) is 0.850. The molecule has 4 aromatic carbocycles. The summed E-state index contributed by atoms with van der Waals surface area (Å²) in [7, 11) is 3.67. The maximum atomic E-state index is 13.9. The van der Waals surface area contributed by atoms with E-state index in [1.54, 1.807) is 0 Å². The summed E-state index contributed by atoms with van der Waals surface area (Å²) in [5.41, 5.74) is 3.49. The van der Waals surface area contributed by atoms with E-state index in [-0.39, 0.29) is 26.2 Å². The number of hydrogen-bond donors (Lipinski definition) is 4. The molecule has 4 N–H and O–H groups in total. The third-order valence-electron chi connectivity index (χ3n) is 6.93. The van der Waals surface area contributed by atoms with Crippen LogP contribution < -0.4 is 21.3 Å². The maximum absolute atomic E-state index is 13.9. The van der Waals surface area contributed by atoms with Gasteiger partial charge in [0.15, 0.2) is 0 Å². The van der Waals surface area contributed by atoms with E-state index >= 15 is 0 Å². The highest BCUT2D eigenvalue weighted by molar-refractivity contribution is 8.95. The Labute approximate surface area is 283 Å². The molecule has 0 aromatic heterocycles. The maximum Gasteiger partial charge on any atom is 0.258 e. The topological polar surface area (TPSA) is 116 Å². The lowest BCUT2D eigenvalue weighted by Gasteiger charge is -2.39. The first-order valence-corrected chi connectivity index (χ1v) is 18.7. The number of amides is 4. The van der Waals surface area contributed by atoms with Crippen LogP contribution in [-0.4, -0.2) is 31.8 Å². The second kappa shape index (κ2) is 16.1. The molecule has 1 aliphatic rings. The fourth-order valence-corrected chi connectivity index (χ4v) is 12.7. The van der Waals surface area contributed by atoms with Crippen molar-refractivity contribution in [2.75, 3.05) is 0 Å². The van der Waals surface area contributed by atoms with Gasteiger partial charge in [0.25, 0.3) is 23.6 Å². The molecule has 1 heterocycles. The molecule has 8 nitrogen and oxygen atoms in total. The number of nitrogens with one attached hydrogen (secondary N) is 4. The third-order valence-corrected chi connectivity index (χ3v) is 15.3. The molecule has 5 rings (SSSR count). The van der Waals surface area contributed by atoms with Crippen LogP contribution in [0.4, 0.5) is 0 Å². The quantitative estimate of drug-likeness (QED) is 0.115. The van der Waals surface area contributed by atoms with Gasteiger partial charge in [-0.1, -0.05) is 165 Å². The lowest BCUT2D eigenvalue weighted by molar-refractivity contribution is -0.131. The van der Waals surface area contributed by atoms with Gasteiger partial charge in [-0.3, -0.25) is 19.2 Å². The number of carbonyl (C=O) groups is 4. The summed E-state index contributed by atoms with van der Waals surface area (Å²) in [4.78, 5) is 55.5. The standard InChI is InChI=1S/C34H32N4O4S4/c39-29(35-21-25-13-5-1-6-14-25)33(30(40)36-22-26-15-7-2-8-16-26)43-45-34(46-44-33,31(41)37-23-27-17-9-3-10-18-27)32(42)38-24-28-19-11-4-12-20-28/h1-20H,21-24H2,(H,35,39)(H,36,40)(H,37,41)(H,38,42). The van der Waals surface area contributed by atoms with E-state index in [0.29, 0.717) is 0 Å². The van der Waals surface area contributed by atoms with Crippen LogP contribution >= 0.6 is 43.2 Å². The molecule has 0 unspecified atom stereocenters. The highest BCUT2D eigenvalue weighted by Gasteiger charge is 2.61. The number of carbonyl (C=O) groups excluding carboxylic acids is 4. The van der Waals surface area contributed by atoms with E-state index in [1.165, 1.54) is 0 Å². The second-order valence-electron chi connectivity index (χ2n) is 10.2. The van der Waals surface area contributed by atoms with Crippen molar-refractivity contribution in [3.63, 3.8) is 0 Å². The van der Waals surface area contributed by atoms with Crippen LogP contribution in [0, 0.1) is 0 Å². The van der Waals surface area contributed by atoms with E-state index in [1.807, 2.05) is 121 Å². The van der Waals surface area contributed by atoms with Gasteiger partial charge in [0.1, 0.15) is 0 Å². The molecule has 4 aromatic rings. The van der Waals surface area contributed by atoms with Crippen molar-refractivity contribution in [2.45, 2.75) is 34.3 Å². The average Bonchev–Trinajstić information content (AvgIpc) is 3.12. The van der Waals surface area contributed by atoms with Crippen molar-refractivity contribution < 1.29 is 19.2 Å². The first kappa shape index (κ1) is 33.5. The van der Waals surface area contributed by atoms with Gasteiger partial charge in [0.05, 0.1) is 0 Å². The Morgan fingerprint density at radius 1 is 0.370 bits per heavy atom. The van der Waals surface area contributed by atoms with E-state index in [0.717, 1.165) is 65.4 Å². The Morgan fingerprint density at radius 2 is 0.565 bits per heavy atom. The zero-order valence-corrected chi connectivity index (χ0v) is 27.9. The molecule has 1 saturated heterocycles. The minimum absolute atomic E-state index is 0.212. The van der Waals surface area contributed by atoms with Crippen LogP contribution in [-0.2, 0) is 45.4 Å². The minimum atomic E-state index is -1.69. The van der Waals surface area contributed by atoms with Crippen molar-refractivity contribution in [2.24, 2.45) is 0 Å². The van der Waals surface area contributed by atoms with Crippen LogP contribution in [0.2, 0.25) is 0 Å². The van der Waals surface area contributed by atoms with Gasteiger partial charge in [0, 0.05) is 26.2 Å². The molecule has 0 radical (unpaired) electrons. The van der Waals surface area contributed by atoms with Gasteiger partial charge in [-0.2, -0.15) is 0 Å². The predicted molar refractivity (Wildman–Crippen MR) is 189 cm³/mol. The van der Waals surface area contributed by atoms with Gasteiger partial charge in [-0.25, -0.2) is 0 Å². The summed E-state index contributed by atoms with van der Waals surface area (Å²) < 4.78 is -3.39. The number of hydrogen-bond acceptors (Lipinski definition) is 8. The molecule has 0 atom stereocenters. The molecule has 1 fully saturated rings. The predicted octanol–water partition coefficient (Wildman–Crippen LogP) is 5.42. The van der Waals surface area contributed by atoms with Crippen molar-refractivity contribution in [1.82, 2.24) is 21.3 Å². The highest BCUT2D eigenvalue weighted by atomic mass is 33.2. The zero-order valence-electron chi connectivity index (χ0n) is 24.6. The van der Waals surface area contributed by atoms with Gasteiger partial charge >= 0.3 is 0 Å². The normalized spacial score (nSPS) is 14.8. The summed E-state index contributed by atoms with van der Waals surface area (Å²) in [5.74, 6) is -2.11. The Morgan fingerprint density at radius 3 is 0.761 bits per heavy atom. The molecule has 0 aliphatic carbocycles. The summed E-state index contributed by atoms with van der Waals surface area (Å²) in [6.07, 6.45) is 0. The van der Waals surface area contributed by atoms with E-state index in [2.05, 4.69) is 21.3 Å². The monoisotopic (exact) mass is 688 g/mol. The number of rotatable bonds is 12. The Kier molecular flexibility index (Phi) is 11.8. The molecule has 12 heteroatoms. The molecule has 0 spiro atoms. The summed E-state index contributed by atoms with van der Waals surface area (Å²) in [6, 6.07) is 37.6. The molecule has 0 bridgehead atoms. The minimum Gasteiger partial charge on any atom is -0.350 e. The molecule has 46 heavy (non-hydrogen) atoms. The summed E-state index contributed by atoms with van der Waals surface area (Å²) in [5, 5.41) is 11.6. The Hall–Kier alpha value is -3.84. The van der Waals surface area contributed by atoms with Crippen LogP contribution in [0.25, 0.3) is 0 Å². The van der Waals surface area contributed by atoms with Gasteiger partial charge in [0.2, 0.25) is 8.16 Å². The van der Waals surface area contributed by atoms with Gasteiger partial charge in [-0.15, -0.1) is 0 Å². The summed E-state index contributed by atoms with van der Waals surface area (Å²) >= 11 is 0. The van der Waals surface area contributed by atoms with Crippen LogP contribution in [0.1, 0.15) is 22.3 Å².